The topological polar surface area (TPSA) is 76.7 Å². The van der Waals surface area contributed by atoms with Gasteiger partial charge in [-0.05, 0) is 73.2 Å². The fourth-order valence-electron chi connectivity index (χ4n) is 3.04. The summed E-state index contributed by atoms with van der Waals surface area (Å²) >= 11 is 0. The van der Waals surface area contributed by atoms with Gasteiger partial charge in [-0.3, -0.25) is 0 Å². The summed E-state index contributed by atoms with van der Waals surface area (Å²) in [5, 5.41) is 5.34. The molecule has 33 heavy (non-hydrogen) atoms. The van der Waals surface area contributed by atoms with Crippen LogP contribution < -0.4 is 15.4 Å². The zero-order valence-electron chi connectivity index (χ0n) is 18.0. The predicted octanol–water partition coefficient (Wildman–Crippen LogP) is 5.47. The fourth-order valence-corrected chi connectivity index (χ4v) is 3.04. The third-order valence-corrected chi connectivity index (χ3v) is 4.68. The highest BCUT2D eigenvalue weighted by Gasteiger charge is 2.15. The fraction of sp³-hybridized carbons (Fsp3) is 0.200. The molecule has 0 aromatic heterocycles. The number of anilines is 1. The van der Waals surface area contributed by atoms with E-state index in [1.165, 1.54) is 36.4 Å². The van der Waals surface area contributed by atoms with E-state index in [0.717, 1.165) is 5.56 Å². The van der Waals surface area contributed by atoms with Crippen LogP contribution in [0.2, 0.25) is 0 Å². The zero-order valence-corrected chi connectivity index (χ0v) is 18.0. The molecule has 172 valence electrons. The molecule has 0 aliphatic carbocycles. The SMILES string of the molecule is CCOC(=O)c1ccc(OC(CCNC(=O)Nc2ccc(F)cc2)c2ccc(F)cc2)cc1. The number of hydrogen-bond donors (Lipinski definition) is 2. The molecule has 1 unspecified atom stereocenters. The third-order valence-electron chi connectivity index (χ3n) is 4.68. The van der Waals surface area contributed by atoms with Crippen molar-refractivity contribution in [2.24, 2.45) is 0 Å². The van der Waals surface area contributed by atoms with Gasteiger partial charge in [-0.25, -0.2) is 18.4 Å². The van der Waals surface area contributed by atoms with E-state index >= 15 is 0 Å². The number of rotatable bonds is 9. The minimum absolute atomic E-state index is 0.260. The molecule has 8 heteroatoms. The number of halogens is 2. The lowest BCUT2D eigenvalue weighted by atomic mass is 10.1. The van der Waals surface area contributed by atoms with Crippen LogP contribution >= 0.6 is 0 Å². The number of carbonyl (C=O) groups is 2. The highest BCUT2D eigenvalue weighted by molar-refractivity contribution is 5.89. The minimum atomic E-state index is -0.481. The van der Waals surface area contributed by atoms with Crippen molar-refractivity contribution < 1.29 is 27.8 Å². The molecule has 0 heterocycles. The van der Waals surface area contributed by atoms with Gasteiger partial charge in [-0.15, -0.1) is 0 Å². The number of benzene rings is 3. The average molecular weight is 454 g/mol. The van der Waals surface area contributed by atoms with Gasteiger partial charge in [0.05, 0.1) is 12.2 Å². The molecule has 6 nitrogen and oxygen atoms in total. The van der Waals surface area contributed by atoms with Gasteiger partial charge in [0.2, 0.25) is 0 Å². The van der Waals surface area contributed by atoms with Gasteiger partial charge >= 0.3 is 12.0 Å². The number of ether oxygens (including phenoxy) is 2. The van der Waals surface area contributed by atoms with Gasteiger partial charge in [-0.2, -0.15) is 0 Å². The van der Waals surface area contributed by atoms with Crippen LogP contribution in [0, 0.1) is 11.6 Å². The first-order chi connectivity index (χ1) is 15.9. The van der Waals surface area contributed by atoms with Crippen LogP contribution in [0.15, 0.2) is 72.8 Å². The Labute approximate surface area is 190 Å². The summed E-state index contributed by atoms with van der Waals surface area (Å²) in [6.07, 6.45) is -0.0904. The molecule has 2 N–H and O–H groups in total. The Kier molecular flexibility index (Phi) is 8.35. The lowest BCUT2D eigenvalue weighted by molar-refractivity contribution is 0.0526. The summed E-state index contributed by atoms with van der Waals surface area (Å²) in [4.78, 5) is 23.9. The number of nitrogens with one attached hydrogen (secondary N) is 2. The Morgan fingerprint density at radius 2 is 1.48 bits per heavy atom. The maximum Gasteiger partial charge on any atom is 0.338 e. The highest BCUT2D eigenvalue weighted by Crippen LogP contribution is 2.25. The molecule has 0 saturated carbocycles. The highest BCUT2D eigenvalue weighted by atomic mass is 19.1. The molecule has 0 fully saturated rings. The molecule has 0 aliphatic rings. The van der Waals surface area contributed by atoms with Gasteiger partial charge in [0.15, 0.2) is 0 Å². The Balaban J connectivity index is 1.62. The smallest absolute Gasteiger partial charge is 0.338 e. The van der Waals surface area contributed by atoms with Crippen LogP contribution in [-0.4, -0.2) is 25.2 Å². The summed E-state index contributed by atoms with van der Waals surface area (Å²) < 4.78 is 37.4. The first kappa shape index (κ1) is 23.7. The van der Waals surface area contributed by atoms with Crippen LogP contribution in [0.3, 0.4) is 0 Å². The summed E-state index contributed by atoms with van der Waals surface area (Å²) in [6, 6.07) is 17.4. The Morgan fingerprint density at radius 1 is 0.879 bits per heavy atom. The van der Waals surface area contributed by atoms with Gasteiger partial charge < -0.3 is 20.1 Å². The van der Waals surface area contributed by atoms with Crippen LogP contribution in [0.1, 0.15) is 35.4 Å². The quantitative estimate of drug-likeness (QED) is 0.420. The number of esters is 1. The van der Waals surface area contributed by atoms with Gasteiger partial charge in [0.1, 0.15) is 23.5 Å². The number of carbonyl (C=O) groups excluding carboxylic acids is 2. The van der Waals surface area contributed by atoms with Crippen LogP contribution in [0.5, 0.6) is 5.75 Å². The van der Waals surface area contributed by atoms with E-state index in [4.69, 9.17) is 9.47 Å². The predicted molar refractivity (Wildman–Crippen MR) is 120 cm³/mol. The summed E-state index contributed by atoms with van der Waals surface area (Å²) in [5.41, 5.74) is 1.59. The molecule has 0 bridgehead atoms. The standard InChI is InChI=1S/C25H24F2N2O4/c1-2-32-24(30)18-5-13-22(14-6-18)33-23(17-3-7-19(26)8-4-17)15-16-28-25(31)29-21-11-9-20(27)10-12-21/h3-14,23H,2,15-16H2,1H3,(H2,28,29,31). The number of urea groups is 1. The maximum absolute atomic E-state index is 13.4. The third kappa shape index (κ3) is 7.31. The molecule has 0 aliphatic heterocycles. The molecule has 0 spiro atoms. The second-order valence-corrected chi connectivity index (χ2v) is 7.08. The van der Waals surface area contributed by atoms with E-state index in [0.29, 0.717) is 23.4 Å². The van der Waals surface area contributed by atoms with Crippen molar-refractivity contribution in [2.45, 2.75) is 19.4 Å². The minimum Gasteiger partial charge on any atom is -0.486 e. The summed E-state index contributed by atoms with van der Waals surface area (Å²) in [5.74, 6) is -0.674. The van der Waals surface area contributed by atoms with Gasteiger partial charge in [-0.1, -0.05) is 12.1 Å². The molecular formula is C25H24F2N2O4. The first-order valence-corrected chi connectivity index (χ1v) is 10.4. The molecule has 3 aromatic rings. The maximum atomic E-state index is 13.4. The molecule has 3 aromatic carbocycles. The van der Waals surface area contributed by atoms with E-state index in [-0.39, 0.29) is 19.0 Å². The number of hydrogen-bond acceptors (Lipinski definition) is 4. The monoisotopic (exact) mass is 454 g/mol. The Morgan fingerprint density at radius 3 is 2.09 bits per heavy atom. The van der Waals surface area contributed by atoms with E-state index < -0.39 is 23.9 Å². The van der Waals surface area contributed by atoms with Crippen molar-refractivity contribution in [3.63, 3.8) is 0 Å². The normalized spacial score (nSPS) is 11.4. The average Bonchev–Trinajstić information content (AvgIpc) is 2.81. The molecule has 3 rings (SSSR count). The Hall–Kier alpha value is -3.94. The lowest BCUT2D eigenvalue weighted by Gasteiger charge is -2.20. The van der Waals surface area contributed by atoms with Crippen LogP contribution in [-0.2, 0) is 4.74 Å². The van der Waals surface area contributed by atoms with Crippen molar-refractivity contribution in [3.05, 3.63) is 95.6 Å². The van der Waals surface area contributed by atoms with E-state index in [2.05, 4.69) is 10.6 Å². The van der Waals surface area contributed by atoms with Crippen molar-refractivity contribution in [3.8, 4) is 5.75 Å². The Bertz CT molecular complexity index is 1060. The summed E-state index contributed by atoms with van der Waals surface area (Å²) in [7, 11) is 0. The molecule has 2 amide bonds. The second kappa shape index (κ2) is 11.6. The van der Waals surface area contributed by atoms with Gasteiger partial charge in [0.25, 0.3) is 0 Å². The van der Waals surface area contributed by atoms with E-state index in [1.807, 2.05) is 0 Å². The first-order valence-electron chi connectivity index (χ1n) is 10.4. The largest absolute Gasteiger partial charge is 0.486 e. The molecule has 1 atom stereocenters. The molecular weight excluding hydrogens is 430 g/mol. The molecule has 0 saturated heterocycles. The number of amides is 2. The van der Waals surface area contributed by atoms with Crippen molar-refractivity contribution in [2.75, 3.05) is 18.5 Å². The lowest BCUT2D eigenvalue weighted by Crippen LogP contribution is -2.30. The van der Waals surface area contributed by atoms with E-state index in [1.54, 1.807) is 43.3 Å². The van der Waals surface area contributed by atoms with E-state index in [9.17, 15) is 18.4 Å². The second-order valence-electron chi connectivity index (χ2n) is 7.08. The van der Waals surface area contributed by atoms with Crippen molar-refractivity contribution in [1.29, 1.82) is 0 Å². The van der Waals surface area contributed by atoms with Crippen LogP contribution in [0.4, 0.5) is 19.3 Å². The van der Waals surface area contributed by atoms with Crippen molar-refractivity contribution >= 4 is 17.7 Å². The molecule has 0 radical (unpaired) electrons. The zero-order chi connectivity index (χ0) is 23.6. The van der Waals surface area contributed by atoms with Crippen LogP contribution in [0.25, 0.3) is 0 Å². The van der Waals surface area contributed by atoms with Crippen molar-refractivity contribution in [1.82, 2.24) is 5.32 Å². The summed E-state index contributed by atoms with van der Waals surface area (Å²) in [6.45, 7) is 2.28. The van der Waals surface area contributed by atoms with Gasteiger partial charge in [0, 0.05) is 18.7 Å².